The molecule has 2 aliphatic heterocycles. The molecule has 1 aromatic heterocycles. The Labute approximate surface area is 145 Å². The van der Waals surface area contributed by atoms with Crippen molar-refractivity contribution in [2.24, 2.45) is 5.92 Å². The topological polar surface area (TPSA) is 49.3 Å². The number of carbonyl (C=O) groups excluding carboxylic acids is 1. The normalized spacial score (nSPS) is 21.6. The molecule has 3 heterocycles. The summed E-state index contributed by atoms with van der Waals surface area (Å²) >= 11 is 0. The van der Waals surface area contributed by atoms with E-state index in [1.807, 2.05) is 11.8 Å². The van der Waals surface area contributed by atoms with E-state index >= 15 is 0 Å². The first kappa shape index (κ1) is 17.2. The van der Waals surface area contributed by atoms with Crippen LogP contribution in [0.4, 0.5) is 5.82 Å². The van der Waals surface area contributed by atoms with Crippen LogP contribution in [0.3, 0.4) is 0 Å². The van der Waals surface area contributed by atoms with Crippen LogP contribution in [0, 0.1) is 12.8 Å². The van der Waals surface area contributed by atoms with Crippen molar-refractivity contribution in [2.45, 2.75) is 58.8 Å². The molecule has 2 saturated heterocycles. The van der Waals surface area contributed by atoms with E-state index in [4.69, 9.17) is 4.98 Å². The van der Waals surface area contributed by atoms with Crippen molar-refractivity contribution in [3.63, 3.8) is 0 Å². The molecular formula is C19H30N4O. The molecule has 0 saturated carbocycles. The van der Waals surface area contributed by atoms with Gasteiger partial charge in [0.2, 0.25) is 5.91 Å². The maximum absolute atomic E-state index is 12.4. The largest absolute Gasteiger partial charge is 0.357 e. The summed E-state index contributed by atoms with van der Waals surface area (Å²) in [6.45, 7) is 10.1. The number of hydrogen-bond acceptors (Lipinski definition) is 4. The maximum atomic E-state index is 12.4. The second-order valence-electron chi connectivity index (χ2n) is 7.67. The molecule has 1 atom stereocenters. The molecule has 0 N–H and O–H groups in total. The van der Waals surface area contributed by atoms with Gasteiger partial charge in [-0.1, -0.05) is 13.8 Å². The SMILES string of the molecule is Cc1nc([C@@H]2CCCN(C(=O)CC(C)C)C2)cc(N2CCCC2)n1. The highest BCUT2D eigenvalue weighted by Gasteiger charge is 2.27. The molecule has 0 aromatic carbocycles. The van der Waals surface area contributed by atoms with Gasteiger partial charge in [-0.05, 0) is 38.5 Å². The average Bonchev–Trinajstić information content (AvgIpc) is 3.08. The number of nitrogens with zero attached hydrogens (tertiary/aromatic N) is 4. The van der Waals surface area contributed by atoms with Gasteiger partial charge >= 0.3 is 0 Å². The fourth-order valence-electron chi connectivity index (χ4n) is 3.82. The van der Waals surface area contributed by atoms with Crippen LogP contribution in [0.5, 0.6) is 0 Å². The van der Waals surface area contributed by atoms with E-state index in [1.165, 1.54) is 12.8 Å². The van der Waals surface area contributed by atoms with Crippen molar-refractivity contribution in [1.29, 1.82) is 0 Å². The van der Waals surface area contributed by atoms with Crippen LogP contribution in [0.15, 0.2) is 6.07 Å². The highest BCUT2D eigenvalue weighted by molar-refractivity contribution is 5.76. The third-order valence-corrected chi connectivity index (χ3v) is 5.05. The van der Waals surface area contributed by atoms with Gasteiger partial charge in [0.1, 0.15) is 11.6 Å². The minimum Gasteiger partial charge on any atom is -0.357 e. The highest BCUT2D eigenvalue weighted by Crippen LogP contribution is 2.29. The Hall–Kier alpha value is -1.65. The smallest absolute Gasteiger partial charge is 0.222 e. The fraction of sp³-hybridized carbons (Fsp3) is 0.737. The van der Waals surface area contributed by atoms with E-state index in [9.17, 15) is 4.79 Å². The van der Waals surface area contributed by atoms with Gasteiger partial charge in [-0.3, -0.25) is 4.79 Å². The minimum absolute atomic E-state index is 0.292. The molecular weight excluding hydrogens is 300 g/mol. The first-order valence-electron chi connectivity index (χ1n) is 9.41. The third-order valence-electron chi connectivity index (χ3n) is 5.05. The Kier molecular flexibility index (Phi) is 5.36. The van der Waals surface area contributed by atoms with Crippen molar-refractivity contribution < 1.29 is 4.79 Å². The predicted molar refractivity (Wildman–Crippen MR) is 96.2 cm³/mol. The lowest BCUT2D eigenvalue weighted by Crippen LogP contribution is -2.39. The van der Waals surface area contributed by atoms with Gasteiger partial charge in [-0.15, -0.1) is 0 Å². The lowest BCUT2D eigenvalue weighted by atomic mass is 9.93. The van der Waals surface area contributed by atoms with Gasteiger partial charge in [-0.2, -0.15) is 0 Å². The van der Waals surface area contributed by atoms with E-state index in [1.54, 1.807) is 0 Å². The first-order chi connectivity index (χ1) is 11.5. The number of amides is 1. The van der Waals surface area contributed by atoms with E-state index in [0.717, 1.165) is 56.4 Å². The molecule has 2 aliphatic rings. The Morgan fingerprint density at radius 1 is 1.21 bits per heavy atom. The molecule has 24 heavy (non-hydrogen) atoms. The Bertz CT molecular complexity index is 581. The van der Waals surface area contributed by atoms with Gasteiger partial charge in [-0.25, -0.2) is 9.97 Å². The monoisotopic (exact) mass is 330 g/mol. The van der Waals surface area contributed by atoms with Gasteiger partial charge < -0.3 is 9.80 Å². The number of piperidine rings is 1. The lowest BCUT2D eigenvalue weighted by Gasteiger charge is -2.33. The van der Waals surface area contributed by atoms with Gasteiger partial charge in [0.25, 0.3) is 0 Å². The standard InChI is InChI=1S/C19H30N4O/c1-14(2)11-19(24)23-10-6-7-16(13-23)17-12-18(21-15(3)20-17)22-8-4-5-9-22/h12,14,16H,4-11,13H2,1-3H3/t16-/m1/s1. The summed E-state index contributed by atoms with van der Waals surface area (Å²) in [5.74, 6) is 2.97. The van der Waals surface area contributed by atoms with E-state index in [-0.39, 0.29) is 0 Å². The molecule has 0 unspecified atom stereocenters. The van der Waals surface area contributed by atoms with Crippen molar-refractivity contribution in [2.75, 3.05) is 31.1 Å². The van der Waals surface area contributed by atoms with Crippen LogP contribution in [-0.2, 0) is 4.79 Å². The number of hydrogen-bond donors (Lipinski definition) is 0. The van der Waals surface area contributed by atoms with Crippen molar-refractivity contribution in [3.05, 3.63) is 17.6 Å². The van der Waals surface area contributed by atoms with E-state index in [0.29, 0.717) is 24.2 Å². The molecule has 5 heteroatoms. The van der Waals surface area contributed by atoms with Gasteiger partial charge in [0, 0.05) is 44.6 Å². The molecule has 132 valence electrons. The summed E-state index contributed by atoms with van der Waals surface area (Å²) < 4.78 is 0. The van der Waals surface area contributed by atoms with Crippen LogP contribution in [0.25, 0.3) is 0 Å². The number of anilines is 1. The van der Waals surface area contributed by atoms with Crippen molar-refractivity contribution >= 4 is 11.7 Å². The lowest BCUT2D eigenvalue weighted by molar-refractivity contribution is -0.133. The summed E-state index contributed by atoms with van der Waals surface area (Å²) in [7, 11) is 0. The zero-order chi connectivity index (χ0) is 17.1. The van der Waals surface area contributed by atoms with Crippen LogP contribution in [-0.4, -0.2) is 47.0 Å². The summed E-state index contributed by atoms with van der Waals surface area (Å²) in [6.07, 6.45) is 5.32. The number of rotatable bonds is 4. The number of likely N-dealkylation sites (tertiary alicyclic amines) is 1. The quantitative estimate of drug-likeness (QED) is 0.851. The highest BCUT2D eigenvalue weighted by atomic mass is 16.2. The molecule has 0 spiro atoms. The van der Waals surface area contributed by atoms with Crippen LogP contribution in [0.1, 0.15) is 63.4 Å². The second kappa shape index (κ2) is 7.49. The zero-order valence-corrected chi connectivity index (χ0v) is 15.3. The van der Waals surface area contributed by atoms with Gasteiger partial charge in [0.15, 0.2) is 0 Å². The van der Waals surface area contributed by atoms with Crippen LogP contribution >= 0.6 is 0 Å². The Morgan fingerprint density at radius 3 is 2.67 bits per heavy atom. The summed E-state index contributed by atoms with van der Waals surface area (Å²) in [4.78, 5) is 26.2. The molecule has 5 nitrogen and oxygen atoms in total. The molecule has 0 aliphatic carbocycles. The van der Waals surface area contributed by atoms with Crippen molar-refractivity contribution in [1.82, 2.24) is 14.9 Å². The Morgan fingerprint density at radius 2 is 1.96 bits per heavy atom. The minimum atomic E-state index is 0.292. The summed E-state index contributed by atoms with van der Waals surface area (Å²) in [5.41, 5.74) is 1.12. The number of aromatic nitrogens is 2. The average molecular weight is 330 g/mol. The van der Waals surface area contributed by atoms with Gasteiger partial charge in [0.05, 0.1) is 5.69 Å². The first-order valence-corrected chi connectivity index (χ1v) is 9.41. The van der Waals surface area contributed by atoms with Crippen LogP contribution < -0.4 is 4.90 Å². The summed E-state index contributed by atoms with van der Waals surface area (Å²) in [6, 6.07) is 2.17. The van der Waals surface area contributed by atoms with Crippen LogP contribution in [0.2, 0.25) is 0 Å². The predicted octanol–water partition coefficient (Wildman–Crippen LogP) is 3.14. The van der Waals surface area contributed by atoms with E-state index < -0.39 is 0 Å². The second-order valence-corrected chi connectivity index (χ2v) is 7.67. The zero-order valence-electron chi connectivity index (χ0n) is 15.3. The summed E-state index contributed by atoms with van der Waals surface area (Å²) in [5, 5.41) is 0. The Balaban J connectivity index is 1.74. The molecule has 0 radical (unpaired) electrons. The maximum Gasteiger partial charge on any atom is 0.222 e. The molecule has 0 bridgehead atoms. The molecule has 2 fully saturated rings. The number of carbonyl (C=O) groups is 1. The third kappa shape index (κ3) is 4.05. The molecule has 3 rings (SSSR count). The van der Waals surface area contributed by atoms with Crippen molar-refractivity contribution in [3.8, 4) is 0 Å². The molecule has 1 amide bonds. The van der Waals surface area contributed by atoms with E-state index in [2.05, 4.69) is 29.8 Å². The molecule has 1 aromatic rings. The number of aryl methyl sites for hydroxylation is 1. The fourth-order valence-corrected chi connectivity index (χ4v) is 3.82.